The average Bonchev–Trinajstić information content (AvgIpc) is 2.69. The van der Waals surface area contributed by atoms with Gasteiger partial charge in [-0.05, 0) is 31.4 Å². The smallest absolute Gasteiger partial charge is 0.256 e. The molecule has 3 heterocycles. The van der Waals surface area contributed by atoms with Crippen molar-refractivity contribution in [3.05, 3.63) is 30.1 Å². The van der Waals surface area contributed by atoms with E-state index in [9.17, 15) is 9.59 Å². The number of carbonyl (C=O) groups excluding carboxylic acids is 2. The Kier molecular flexibility index (Phi) is 4.11. The zero-order valence-corrected chi connectivity index (χ0v) is 12.8. The highest BCUT2D eigenvalue weighted by molar-refractivity contribution is 5.95. The van der Waals surface area contributed by atoms with E-state index in [4.69, 9.17) is 4.74 Å². The average molecular weight is 303 g/mol. The van der Waals surface area contributed by atoms with E-state index < -0.39 is 5.60 Å². The Morgan fingerprint density at radius 1 is 1.27 bits per heavy atom. The zero-order valence-electron chi connectivity index (χ0n) is 12.8. The molecule has 6 heteroatoms. The van der Waals surface area contributed by atoms with Gasteiger partial charge in [0.2, 0.25) is 0 Å². The Hall–Kier alpha value is -1.95. The summed E-state index contributed by atoms with van der Waals surface area (Å²) in [5.74, 6) is -0.0676. The summed E-state index contributed by atoms with van der Waals surface area (Å²) in [5, 5.41) is 0. The van der Waals surface area contributed by atoms with Crippen molar-refractivity contribution in [3.63, 3.8) is 0 Å². The van der Waals surface area contributed by atoms with Crippen molar-refractivity contribution < 1.29 is 14.3 Å². The third-order valence-corrected chi connectivity index (χ3v) is 4.46. The van der Waals surface area contributed by atoms with Crippen molar-refractivity contribution >= 4 is 11.8 Å². The minimum absolute atomic E-state index is 0.00257. The highest BCUT2D eigenvalue weighted by Gasteiger charge is 2.47. The largest absolute Gasteiger partial charge is 0.361 e. The molecule has 2 aliphatic heterocycles. The Bertz CT molecular complexity index is 563. The lowest BCUT2D eigenvalue weighted by Crippen LogP contribution is -2.60. The number of likely N-dealkylation sites (N-methyl/N-ethyl adjacent to an activating group) is 1. The van der Waals surface area contributed by atoms with E-state index in [1.807, 2.05) is 7.05 Å². The monoisotopic (exact) mass is 303 g/mol. The molecule has 118 valence electrons. The number of aromatic nitrogens is 1. The minimum Gasteiger partial charge on any atom is -0.361 e. The van der Waals surface area contributed by atoms with Crippen molar-refractivity contribution in [1.29, 1.82) is 0 Å². The summed E-state index contributed by atoms with van der Waals surface area (Å²) in [6.07, 6.45) is 5.80. The third-order valence-electron chi connectivity index (χ3n) is 4.46. The van der Waals surface area contributed by atoms with Crippen LogP contribution < -0.4 is 0 Å². The first kappa shape index (κ1) is 15.0. The van der Waals surface area contributed by atoms with Gasteiger partial charge in [0.25, 0.3) is 11.8 Å². The molecule has 1 aromatic rings. The van der Waals surface area contributed by atoms with Gasteiger partial charge in [0.15, 0.2) is 5.60 Å². The molecular formula is C16H21N3O3. The van der Waals surface area contributed by atoms with Crippen LogP contribution in [0.2, 0.25) is 0 Å². The number of pyridine rings is 1. The molecule has 1 aromatic heterocycles. The van der Waals surface area contributed by atoms with Crippen LogP contribution in [0.4, 0.5) is 0 Å². The number of morpholine rings is 1. The summed E-state index contributed by atoms with van der Waals surface area (Å²) in [5.41, 5.74) is -0.270. The minimum atomic E-state index is -0.869. The van der Waals surface area contributed by atoms with Crippen molar-refractivity contribution in [2.24, 2.45) is 0 Å². The van der Waals surface area contributed by atoms with Gasteiger partial charge in [-0.25, -0.2) is 0 Å². The van der Waals surface area contributed by atoms with E-state index in [0.29, 0.717) is 31.7 Å². The number of carbonyl (C=O) groups is 2. The predicted octanol–water partition coefficient (Wildman–Crippen LogP) is 0.935. The van der Waals surface area contributed by atoms with Crippen molar-refractivity contribution in [3.8, 4) is 0 Å². The summed E-state index contributed by atoms with van der Waals surface area (Å²) in [6, 6.07) is 3.40. The maximum Gasteiger partial charge on any atom is 0.256 e. The van der Waals surface area contributed by atoms with Crippen LogP contribution in [0.5, 0.6) is 0 Å². The third kappa shape index (κ3) is 2.70. The molecule has 2 fully saturated rings. The van der Waals surface area contributed by atoms with Gasteiger partial charge in [-0.1, -0.05) is 0 Å². The fourth-order valence-corrected chi connectivity index (χ4v) is 3.23. The lowest BCUT2D eigenvalue weighted by molar-refractivity contribution is -0.166. The lowest BCUT2D eigenvalue weighted by atomic mass is 9.94. The highest BCUT2D eigenvalue weighted by atomic mass is 16.5. The van der Waals surface area contributed by atoms with E-state index in [1.54, 1.807) is 34.3 Å². The molecule has 0 aliphatic carbocycles. The second-order valence-corrected chi connectivity index (χ2v) is 5.99. The topological polar surface area (TPSA) is 62.7 Å². The van der Waals surface area contributed by atoms with Crippen molar-refractivity contribution in [2.75, 3.05) is 33.3 Å². The molecular weight excluding hydrogens is 282 g/mol. The lowest BCUT2D eigenvalue weighted by Gasteiger charge is -2.42. The van der Waals surface area contributed by atoms with Crippen molar-refractivity contribution in [2.45, 2.75) is 24.9 Å². The molecule has 0 bridgehead atoms. The molecule has 2 saturated heterocycles. The highest BCUT2D eigenvalue weighted by Crippen LogP contribution is 2.29. The molecule has 0 N–H and O–H groups in total. The predicted molar refractivity (Wildman–Crippen MR) is 80.3 cm³/mol. The fraction of sp³-hybridized carbons (Fsp3) is 0.562. The summed E-state index contributed by atoms with van der Waals surface area (Å²) < 4.78 is 5.89. The zero-order chi connectivity index (χ0) is 15.6. The molecule has 0 aromatic carbocycles. The van der Waals surface area contributed by atoms with Crippen LogP contribution in [0.25, 0.3) is 0 Å². The van der Waals surface area contributed by atoms with Crippen LogP contribution in [-0.2, 0) is 9.53 Å². The van der Waals surface area contributed by atoms with Gasteiger partial charge in [0.05, 0.1) is 13.2 Å². The Morgan fingerprint density at radius 2 is 2.05 bits per heavy atom. The van der Waals surface area contributed by atoms with E-state index in [-0.39, 0.29) is 11.8 Å². The first-order valence-electron chi connectivity index (χ1n) is 7.71. The molecule has 0 radical (unpaired) electrons. The maximum absolute atomic E-state index is 12.7. The van der Waals surface area contributed by atoms with Gasteiger partial charge >= 0.3 is 0 Å². The molecule has 2 aliphatic rings. The SMILES string of the molecule is CN1CCCCC2(CN(C(=O)c3ccncc3)CCO2)C1=O. The van der Waals surface area contributed by atoms with Gasteiger partial charge in [-0.15, -0.1) is 0 Å². The number of hydrogen-bond acceptors (Lipinski definition) is 4. The normalized spacial score (nSPS) is 26.1. The molecule has 1 atom stereocenters. The molecule has 0 saturated carbocycles. The first-order valence-corrected chi connectivity index (χ1v) is 7.71. The Morgan fingerprint density at radius 3 is 2.82 bits per heavy atom. The molecule has 1 unspecified atom stereocenters. The number of likely N-dealkylation sites (tertiary alicyclic amines) is 1. The van der Waals surface area contributed by atoms with Crippen LogP contribution in [-0.4, -0.2) is 65.5 Å². The van der Waals surface area contributed by atoms with E-state index in [0.717, 1.165) is 19.4 Å². The van der Waals surface area contributed by atoms with Gasteiger partial charge < -0.3 is 14.5 Å². The summed E-state index contributed by atoms with van der Waals surface area (Å²) in [7, 11) is 1.81. The van der Waals surface area contributed by atoms with E-state index >= 15 is 0 Å². The van der Waals surface area contributed by atoms with Gasteiger partial charge in [-0.3, -0.25) is 14.6 Å². The summed E-state index contributed by atoms with van der Waals surface area (Å²) in [4.78, 5) is 32.7. The van der Waals surface area contributed by atoms with Crippen LogP contribution in [0, 0.1) is 0 Å². The maximum atomic E-state index is 12.7. The standard InChI is InChI=1S/C16H21N3O3/c1-18-9-3-2-6-16(15(18)21)12-19(10-11-22-16)14(20)13-4-7-17-8-5-13/h4-5,7-8H,2-3,6,9-12H2,1H3. The van der Waals surface area contributed by atoms with Crippen LogP contribution in [0.1, 0.15) is 29.6 Å². The molecule has 2 amide bonds. The van der Waals surface area contributed by atoms with Crippen LogP contribution >= 0.6 is 0 Å². The Labute approximate surface area is 130 Å². The van der Waals surface area contributed by atoms with Gasteiger partial charge in [0, 0.05) is 38.1 Å². The van der Waals surface area contributed by atoms with Gasteiger partial charge in [-0.2, -0.15) is 0 Å². The first-order chi connectivity index (χ1) is 10.6. The molecule has 3 rings (SSSR count). The number of ether oxygens (including phenoxy) is 1. The molecule has 22 heavy (non-hydrogen) atoms. The van der Waals surface area contributed by atoms with Crippen molar-refractivity contribution in [1.82, 2.24) is 14.8 Å². The number of hydrogen-bond donors (Lipinski definition) is 0. The summed E-state index contributed by atoms with van der Waals surface area (Å²) in [6.45, 7) is 2.00. The fourth-order valence-electron chi connectivity index (χ4n) is 3.23. The Balaban J connectivity index is 1.81. The number of rotatable bonds is 1. The second kappa shape index (κ2) is 6.04. The van der Waals surface area contributed by atoms with Crippen LogP contribution in [0.15, 0.2) is 24.5 Å². The van der Waals surface area contributed by atoms with E-state index in [2.05, 4.69) is 4.98 Å². The van der Waals surface area contributed by atoms with E-state index in [1.165, 1.54) is 0 Å². The molecule has 1 spiro atoms. The second-order valence-electron chi connectivity index (χ2n) is 5.99. The summed E-state index contributed by atoms with van der Waals surface area (Å²) >= 11 is 0. The quantitative estimate of drug-likeness (QED) is 0.774. The molecule has 6 nitrogen and oxygen atoms in total. The van der Waals surface area contributed by atoms with Crippen LogP contribution in [0.3, 0.4) is 0 Å². The number of amides is 2. The van der Waals surface area contributed by atoms with Gasteiger partial charge in [0.1, 0.15) is 0 Å². The number of nitrogens with zero attached hydrogens (tertiary/aromatic N) is 3.